The SMILES string of the molecule is CCC(C)(C)CNc1ccccc1S(=O)(=O)N(C)C. The quantitative estimate of drug-likeness (QED) is 0.874. The highest BCUT2D eigenvalue weighted by molar-refractivity contribution is 7.89. The van der Waals surface area contributed by atoms with E-state index >= 15 is 0 Å². The molecule has 4 nitrogen and oxygen atoms in total. The first-order valence-electron chi connectivity index (χ1n) is 6.46. The van der Waals surface area contributed by atoms with Gasteiger partial charge in [0.05, 0.1) is 5.69 Å². The standard InChI is InChI=1S/C14H24N2O2S/c1-6-14(2,3)11-15-12-9-7-8-10-13(12)19(17,18)16(4)5/h7-10,15H,6,11H2,1-5H3. The van der Waals surface area contributed by atoms with Crippen LogP contribution in [0.3, 0.4) is 0 Å². The Morgan fingerprint density at radius 2 is 1.79 bits per heavy atom. The summed E-state index contributed by atoms with van der Waals surface area (Å²) in [5.41, 5.74) is 0.798. The molecule has 1 rings (SSSR count). The van der Waals surface area contributed by atoms with E-state index in [1.807, 2.05) is 12.1 Å². The van der Waals surface area contributed by atoms with Crippen LogP contribution in [0.5, 0.6) is 0 Å². The molecule has 0 atom stereocenters. The van der Waals surface area contributed by atoms with E-state index in [0.717, 1.165) is 13.0 Å². The Morgan fingerprint density at radius 3 is 2.32 bits per heavy atom. The van der Waals surface area contributed by atoms with Crippen LogP contribution in [0.1, 0.15) is 27.2 Å². The van der Waals surface area contributed by atoms with Gasteiger partial charge in [-0.3, -0.25) is 0 Å². The molecular weight excluding hydrogens is 260 g/mol. The highest BCUT2D eigenvalue weighted by atomic mass is 32.2. The zero-order chi connectivity index (χ0) is 14.7. The van der Waals surface area contributed by atoms with E-state index in [1.165, 1.54) is 4.31 Å². The van der Waals surface area contributed by atoms with Crippen LogP contribution >= 0.6 is 0 Å². The van der Waals surface area contributed by atoms with Gasteiger partial charge in [-0.15, -0.1) is 0 Å². The van der Waals surface area contributed by atoms with Gasteiger partial charge in [0.25, 0.3) is 0 Å². The molecule has 0 aliphatic carbocycles. The summed E-state index contributed by atoms with van der Waals surface area (Å²) in [5.74, 6) is 0. The third-order valence-corrected chi connectivity index (χ3v) is 5.23. The third-order valence-electron chi connectivity index (χ3n) is 3.36. The Labute approximate surface area is 116 Å². The van der Waals surface area contributed by atoms with Crippen molar-refractivity contribution in [1.29, 1.82) is 0 Å². The number of hydrogen-bond donors (Lipinski definition) is 1. The lowest BCUT2D eigenvalue weighted by atomic mass is 9.90. The summed E-state index contributed by atoms with van der Waals surface area (Å²) >= 11 is 0. The molecule has 0 aliphatic heterocycles. The molecular formula is C14H24N2O2S. The second-order valence-corrected chi connectivity index (χ2v) is 7.78. The molecule has 0 spiro atoms. The maximum atomic E-state index is 12.2. The van der Waals surface area contributed by atoms with E-state index in [0.29, 0.717) is 10.6 Å². The number of nitrogens with zero attached hydrogens (tertiary/aromatic N) is 1. The predicted molar refractivity (Wildman–Crippen MR) is 79.9 cm³/mol. The average Bonchev–Trinajstić information content (AvgIpc) is 2.36. The monoisotopic (exact) mass is 284 g/mol. The molecule has 19 heavy (non-hydrogen) atoms. The molecule has 0 unspecified atom stereocenters. The summed E-state index contributed by atoms with van der Waals surface area (Å²) in [6.45, 7) is 7.18. The molecule has 0 fully saturated rings. The normalized spacial score (nSPS) is 12.7. The molecule has 5 heteroatoms. The topological polar surface area (TPSA) is 49.4 Å². The first kappa shape index (κ1) is 16.0. The van der Waals surface area contributed by atoms with Crippen LogP contribution in [0.15, 0.2) is 29.2 Å². The molecule has 0 aromatic heterocycles. The van der Waals surface area contributed by atoms with Crippen molar-refractivity contribution in [3.63, 3.8) is 0 Å². The smallest absolute Gasteiger partial charge is 0.244 e. The predicted octanol–water partition coefficient (Wildman–Crippen LogP) is 2.79. The van der Waals surface area contributed by atoms with Gasteiger partial charge in [-0.1, -0.05) is 32.9 Å². The maximum Gasteiger partial charge on any atom is 0.244 e. The highest BCUT2D eigenvalue weighted by Crippen LogP contribution is 2.26. The minimum atomic E-state index is -3.41. The summed E-state index contributed by atoms with van der Waals surface area (Å²) in [4.78, 5) is 0.326. The van der Waals surface area contributed by atoms with E-state index in [1.54, 1.807) is 26.2 Å². The second-order valence-electron chi connectivity index (χ2n) is 5.65. The van der Waals surface area contributed by atoms with Crippen molar-refractivity contribution in [1.82, 2.24) is 4.31 Å². The first-order chi connectivity index (χ1) is 8.70. The Bertz CT molecular complexity index is 522. The minimum Gasteiger partial charge on any atom is -0.383 e. The summed E-state index contributed by atoms with van der Waals surface area (Å²) < 4.78 is 25.7. The fourth-order valence-corrected chi connectivity index (χ4v) is 2.56. The third kappa shape index (κ3) is 3.94. The Kier molecular flexibility index (Phi) is 4.98. The zero-order valence-electron chi connectivity index (χ0n) is 12.4. The number of rotatable bonds is 6. The molecule has 0 radical (unpaired) electrons. The highest BCUT2D eigenvalue weighted by Gasteiger charge is 2.22. The number of nitrogens with one attached hydrogen (secondary N) is 1. The summed E-state index contributed by atoms with van der Waals surface area (Å²) in [6.07, 6.45) is 1.03. The van der Waals surface area contributed by atoms with Gasteiger partial charge in [0, 0.05) is 20.6 Å². The van der Waals surface area contributed by atoms with Crippen molar-refractivity contribution in [2.45, 2.75) is 32.1 Å². The van der Waals surface area contributed by atoms with Crippen LogP contribution in [0, 0.1) is 5.41 Å². The fourth-order valence-electron chi connectivity index (χ4n) is 1.49. The van der Waals surface area contributed by atoms with Crippen LogP contribution in [0.4, 0.5) is 5.69 Å². The van der Waals surface area contributed by atoms with E-state index in [4.69, 9.17) is 0 Å². The minimum absolute atomic E-state index is 0.134. The largest absolute Gasteiger partial charge is 0.383 e. The van der Waals surface area contributed by atoms with Crippen molar-refractivity contribution in [2.75, 3.05) is 26.0 Å². The summed E-state index contributed by atoms with van der Waals surface area (Å²) in [5, 5.41) is 3.26. The Balaban J connectivity index is 3.05. The van der Waals surface area contributed by atoms with Gasteiger partial charge in [0.2, 0.25) is 10.0 Å². The van der Waals surface area contributed by atoms with Gasteiger partial charge < -0.3 is 5.32 Å². The maximum absolute atomic E-state index is 12.2. The first-order valence-corrected chi connectivity index (χ1v) is 7.90. The van der Waals surface area contributed by atoms with Crippen molar-refractivity contribution in [3.05, 3.63) is 24.3 Å². The van der Waals surface area contributed by atoms with Crippen molar-refractivity contribution in [2.24, 2.45) is 5.41 Å². The van der Waals surface area contributed by atoms with Crippen LogP contribution in [0.25, 0.3) is 0 Å². The van der Waals surface area contributed by atoms with Gasteiger partial charge in [-0.05, 0) is 24.0 Å². The van der Waals surface area contributed by atoms with Crippen LogP contribution < -0.4 is 5.32 Å². The summed E-state index contributed by atoms with van der Waals surface area (Å²) in [7, 11) is -0.324. The Morgan fingerprint density at radius 1 is 1.21 bits per heavy atom. The molecule has 0 aliphatic rings. The number of sulfonamides is 1. The second kappa shape index (κ2) is 5.92. The molecule has 0 bridgehead atoms. The summed E-state index contributed by atoms with van der Waals surface area (Å²) in [6, 6.07) is 7.03. The van der Waals surface area contributed by atoms with Crippen molar-refractivity contribution in [3.8, 4) is 0 Å². The van der Waals surface area contributed by atoms with E-state index in [9.17, 15) is 8.42 Å². The molecule has 0 saturated heterocycles. The van der Waals surface area contributed by atoms with E-state index < -0.39 is 10.0 Å². The molecule has 0 heterocycles. The van der Waals surface area contributed by atoms with Gasteiger partial charge in [-0.2, -0.15) is 0 Å². The number of anilines is 1. The van der Waals surface area contributed by atoms with Gasteiger partial charge in [-0.25, -0.2) is 12.7 Å². The fraction of sp³-hybridized carbons (Fsp3) is 0.571. The van der Waals surface area contributed by atoms with Crippen LogP contribution in [0.2, 0.25) is 0 Å². The van der Waals surface area contributed by atoms with Crippen molar-refractivity contribution < 1.29 is 8.42 Å². The lowest BCUT2D eigenvalue weighted by molar-refractivity contribution is 0.376. The number of hydrogen-bond acceptors (Lipinski definition) is 3. The zero-order valence-corrected chi connectivity index (χ0v) is 13.2. The molecule has 1 N–H and O–H groups in total. The lowest BCUT2D eigenvalue weighted by Crippen LogP contribution is -2.26. The molecule has 0 saturated carbocycles. The number of para-hydroxylation sites is 1. The van der Waals surface area contributed by atoms with Crippen LogP contribution in [-0.4, -0.2) is 33.4 Å². The van der Waals surface area contributed by atoms with Crippen LogP contribution in [-0.2, 0) is 10.0 Å². The van der Waals surface area contributed by atoms with E-state index in [-0.39, 0.29) is 5.41 Å². The molecule has 0 amide bonds. The Hall–Kier alpha value is -1.07. The lowest BCUT2D eigenvalue weighted by Gasteiger charge is -2.25. The van der Waals surface area contributed by atoms with E-state index in [2.05, 4.69) is 26.1 Å². The van der Waals surface area contributed by atoms with Gasteiger partial charge in [0.1, 0.15) is 4.90 Å². The van der Waals surface area contributed by atoms with Gasteiger partial charge >= 0.3 is 0 Å². The molecule has 1 aromatic rings. The number of benzene rings is 1. The average molecular weight is 284 g/mol. The van der Waals surface area contributed by atoms with Gasteiger partial charge in [0.15, 0.2) is 0 Å². The molecule has 1 aromatic carbocycles. The van der Waals surface area contributed by atoms with Crippen molar-refractivity contribution >= 4 is 15.7 Å². The molecule has 108 valence electrons.